The van der Waals surface area contributed by atoms with Gasteiger partial charge in [0.2, 0.25) is 0 Å². The Morgan fingerprint density at radius 3 is 2.50 bits per heavy atom. The Kier molecular flexibility index (Phi) is 7.01. The van der Waals surface area contributed by atoms with E-state index in [0.717, 1.165) is 18.4 Å². The van der Waals surface area contributed by atoms with Crippen molar-refractivity contribution in [3.63, 3.8) is 0 Å². The summed E-state index contributed by atoms with van der Waals surface area (Å²) in [5, 5.41) is 1.05. The van der Waals surface area contributed by atoms with Crippen molar-refractivity contribution >= 4 is 29.0 Å². The van der Waals surface area contributed by atoms with Crippen LogP contribution in [0.1, 0.15) is 42.3 Å². The fourth-order valence-electron chi connectivity index (χ4n) is 3.97. The third-order valence-corrected chi connectivity index (χ3v) is 6.20. The number of hydrogen-bond donors (Lipinski definition) is 0. The molecule has 0 saturated carbocycles. The van der Waals surface area contributed by atoms with Gasteiger partial charge in [0.15, 0.2) is 0 Å². The largest absolute Gasteiger partial charge is 0.481 e. The van der Waals surface area contributed by atoms with Gasteiger partial charge in [-0.15, -0.1) is 0 Å². The SMILES string of the molecule is CCc1nc(-c2ccc(Cl)cc2Cl)c(C(C)C#CCOC2Cc3ccccc3C2)nc1[NH-]. The van der Waals surface area contributed by atoms with Gasteiger partial charge in [-0.3, -0.25) is 4.98 Å². The maximum atomic E-state index is 8.24. The van der Waals surface area contributed by atoms with Crippen LogP contribution in [0.25, 0.3) is 17.0 Å². The topological polar surface area (TPSA) is 58.8 Å². The van der Waals surface area contributed by atoms with Gasteiger partial charge in [-0.2, -0.15) is 0 Å². The Hall–Kier alpha value is -2.58. The van der Waals surface area contributed by atoms with Crippen LogP contribution in [0.5, 0.6) is 0 Å². The minimum absolute atomic E-state index is 0.170. The summed E-state index contributed by atoms with van der Waals surface area (Å²) in [5.41, 5.74) is 13.6. The molecular formula is C26H24Cl2N3O-. The summed E-state index contributed by atoms with van der Waals surface area (Å²) in [6.07, 6.45) is 2.64. The van der Waals surface area contributed by atoms with E-state index in [1.54, 1.807) is 12.1 Å². The smallest absolute Gasteiger partial charge is 0.108 e. The molecule has 4 rings (SSSR count). The molecule has 0 fully saturated rings. The normalized spacial score (nSPS) is 14.0. The van der Waals surface area contributed by atoms with Gasteiger partial charge in [0.25, 0.3) is 0 Å². The van der Waals surface area contributed by atoms with Crippen LogP contribution in [-0.2, 0) is 24.0 Å². The van der Waals surface area contributed by atoms with Gasteiger partial charge < -0.3 is 15.5 Å². The van der Waals surface area contributed by atoms with Crippen LogP contribution in [0.4, 0.5) is 5.82 Å². The highest BCUT2D eigenvalue weighted by Gasteiger charge is 2.21. The van der Waals surface area contributed by atoms with Crippen LogP contribution in [0.15, 0.2) is 42.5 Å². The summed E-state index contributed by atoms with van der Waals surface area (Å²) < 4.78 is 6.00. The standard InChI is InChI=1S/C26H24Cl2N3O/c1-3-23-26(29)31-24(25(30-23)21-11-10-19(27)15-22(21)28)16(2)7-6-12-32-20-13-17-8-4-5-9-18(17)14-20/h4-5,8-11,15-16,20H,3,12-14H2,1-2H3,(H-,29,31)/q-1. The van der Waals surface area contributed by atoms with Gasteiger partial charge in [0.05, 0.1) is 16.8 Å². The second-order valence-electron chi connectivity index (χ2n) is 7.88. The van der Waals surface area contributed by atoms with Gasteiger partial charge in [0.1, 0.15) is 6.61 Å². The Labute approximate surface area is 199 Å². The first-order chi connectivity index (χ1) is 15.5. The lowest BCUT2D eigenvalue weighted by molar-refractivity contribution is 0.0863. The molecule has 1 N–H and O–H groups in total. The van der Waals surface area contributed by atoms with Crippen molar-refractivity contribution in [2.45, 2.75) is 45.1 Å². The molecule has 0 spiro atoms. The molecule has 0 saturated heterocycles. The van der Waals surface area contributed by atoms with E-state index in [9.17, 15) is 0 Å². The molecule has 4 nitrogen and oxygen atoms in total. The second kappa shape index (κ2) is 9.92. The van der Waals surface area contributed by atoms with Crippen molar-refractivity contribution in [1.82, 2.24) is 9.97 Å². The average molecular weight is 465 g/mol. The molecule has 1 heterocycles. The van der Waals surface area contributed by atoms with E-state index in [0.29, 0.717) is 40.2 Å². The molecule has 1 unspecified atom stereocenters. The van der Waals surface area contributed by atoms with Crippen LogP contribution < -0.4 is 0 Å². The number of fused-ring (bicyclic) bond motifs is 1. The molecule has 1 aliphatic rings. The quantitative estimate of drug-likeness (QED) is 0.382. The lowest BCUT2D eigenvalue weighted by atomic mass is 10.0. The van der Waals surface area contributed by atoms with Crippen LogP contribution >= 0.6 is 23.2 Å². The van der Waals surface area contributed by atoms with Gasteiger partial charge in [-0.25, -0.2) is 0 Å². The minimum atomic E-state index is -0.233. The predicted octanol–water partition coefficient (Wildman–Crippen LogP) is 6.99. The number of aryl methyl sites for hydroxylation is 1. The Morgan fingerprint density at radius 2 is 1.84 bits per heavy atom. The van der Waals surface area contributed by atoms with Crippen molar-refractivity contribution in [2.75, 3.05) is 6.61 Å². The van der Waals surface area contributed by atoms with Crippen LogP contribution in [-0.4, -0.2) is 22.7 Å². The average Bonchev–Trinajstić information content (AvgIpc) is 3.19. The van der Waals surface area contributed by atoms with E-state index >= 15 is 0 Å². The number of hydrogen-bond acceptors (Lipinski definition) is 3. The Balaban J connectivity index is 1.52. The van der Waals surface area contributed by atoms with E-state index in [-0.39, 0.29) is 17.8 Å². The lowest BCUT2D eigenvalue weighted by Crippen LogP contribution is -2.13. The van der Waals surface area contributed by atoms with E-state index < -0.39 is 0 Å². The van der Waals surface area contributed by atoms with Gasteiger partial charge in [-0.05, 0) is 67.0 Å². The summed E-state index contributed by atoms with van der Waals surface area (Å²) in [7, 11) is 0. The first-order valence-electron chi connectivity index (χ1n) is 10.7. The number of rotatable bonds is 5. The number of benzene rings is 2. The molecule has 3 aromatic rings. The molecule has 0 bridgehead atoms. The number of halogens is 2. The van der Waals surface area contributed by atoms with Gasteiger partial charge in [0, 0.05) is 22.2 Å². The molecule has 0 radical (unpaired) electrons. The summed E-state index contributed by atoms with van der Waals surface area (Å²) in [6.45, 7) is 4.27. The van der Waals surface area contributed by atoms with Crippen molar-refractivity contribution < 1.29 is 4.74 Å². The monoisotopic (exact) mass is 464 g/mol. The zero-order valence-electron chi connectivity index (χ0n) is 18.1. The summed E-state index contributed by atoms with van der Waals surface area (Å²) >= 11 is 12.5. The highest BCUT2D eigenvalue weighted by Crippen LogP contribution is 2.35. The summed E-state index contributed by atoms with van der Waals surface area (Å²) in [4.78, 5) is 9.25. The number of ether oxygens (including phenoxy) is 1. The van der Waals surface area contributed by atoms with Gasteiger partial charge >= 0.3 is 0 Å². The molecular weight excluding hydrogens is 441 g/mol. The maximum absolute atomic E-state index is 8.24. The fraction of sp³-hybridized carbons (Fsp3) is 0.308. The van der Waals surface area contributed by atoms with E-state index in [1.165, 1.54) is 11.1 Å². The first kappa shape index (κ1) is 22.6. The van der Waals surface area contributed by atoms with E-state index in [1.807, 2.05) is 19.9 Å². The maximum Gasteiger partial charge on any atom is 0.108 e. The van der Waals surface area contributed by atoms with Crippen LogP contribution in [0.3, 0.4) is 0 Å². The third-order valence-electron chi connectivity index (χ3n) is 5.65. The zero-order chi connectivity index (χ0) is 22.7. The van der Waals surface area contributed by atoms with E-state index in [4.69, 9.17) is 38.7 Å². The predicted molar refractivity (Wildman–Crippen MR) is 131 cm³/mol. The number of nitrogens with one attached hydrogen (secondary N) is 1. The fourth-order valence-corrected chi connectivity index (χ4v) is 4.47. The van der Waals surface area contributed by atoms with Crippen molar-refractivity contribution in [3.05, 3.63) is 80.8 Å². The zero-order valence-corrected chi connectivity index (χ0v) is 19.6. The van der Waals surface area contributed by atoms with Crippen molar-refractivity contribution in [2.24, 2.45) is 0 Å². The highest BCUT2D eigenvalue weighted by atomic mass is 35.5. The summed E-state index contributed by atoms with van der Waals surface area (Å²) in [5.74, 6) is 6.29. The number of nitrogens with zero attached hydrogens (tertiary/aromatic N) is 2. The summed E-state index contributed by atoms with van der Waals surface area (Å²) in [6, 6.07) is 13.8. The molecule has 0 aliphatic heterocycles. The molecule has 164 valence electrons. The Bertz CT molecular complexity index is 1170. The molecule has 1 atom stereocenters. The number of aromatic nitrogens is 2. The molecule has 32 heavy (non-hydrogen) atoms. The second-order valence-corrected chi connectivity index (χ2v) is 8.73. The lowest BCUT2D eigenvalue weighted by Gasteiger charge is -2.21. The van der Waals surface area contributed by atoms with Crippen LogP contribution in [0, 0.1) is 11.8 Å². The van der Waals surface area contributed by atoms with E-state index in [2.05, 4.69) is 41.1 Å². The van der Waals surface area contributed by atoms with Crippen LogP contribution in [0.2, 0.25) is 10.0 Å². The van der Waals surface area contributed by atoms with Crippen molar-refractivity contribution in [3.8, 4) is 23.1 Å². The minimum Gasteiger partial charge on any atom is -0.481 e. The molecule has 1 aliphatic carbocycles. The van der Waals surface area contributed by atoms with Crippen molar-refractivity contribution in [1.29, 1.82) is 0 Å². The first-order valence-corrected chi connectivity index (χ1v) is 11.5. The molecule has 0 amide bonds. The highest BCUT2D eigenvalue weighted by molar-refractivity contribution is 6.36. The molecule has 6 heteroatoms. The molecule has 1 aromatic heterocycles. The van der Waals surface area contributed by atoms with Gasteiger partial charge in [-0.1, -0.05) is 66.2 Å². The Morgan fingerprint density at radius 1 is 1.12 bits per heavy atom. The third kappa shape index (κ3) is 4.91. The molecule has 2 aromatic carbocycles.